The molecule has 0 radical (unpaired) electrons. The molecule has 0 aliphatic heterocycles. The molecule has 0 heterocycles. The van der Waals surface area contributed by atoms with Gasteiger partial charge in [0.25, 0.3) is 0 Å². The van der Waals surface area contributed by atoms with Crippen LogP contribution in [0.5, 0.6) is 0 Å². The van der Waals surface area contributed by atoms with E-state index in [1.807, 2.05) is 48.5 Å². The van der Waals surface area contributed by atoms with Crippen LogP contribution in [0.3, 0.4) is 0 Å². The topological polar surface area (TPSA) is 58.2 Å². The van der Waals surface area contributed by atoms with Crippen LogP contribution < -0.4 is 10.6 Å². The van der Waals surface area contributed by atoms with Crippen molar-refractivity contribution in [3.8, 4) is 0 Å². The summed E-state index contributed by atoms with van der Waals surface area (Å²) in [6, 6.07) is 24.4. The van der Waals surface area contributed by atoms with Crippen LogP contribution in [0.15, 0.2) is 72.8 Å². The summed E-state index contributed by atoms with van der Waals surface area (Å²) < 4.78 is 0. The third kappa shape index (κ3) is 5.81. The molecule has 178 valence electrons. The fraction of sp³-hybridized carbons (Fsp3) is 0.286. The van der Waals surface area contributed by atoms with Crippen molar-refractivity contribution in [1.29, 1.82) is 0 Å². The van der Waals surface area contributed by atoms with Crippen molar-refractivity contribution in [2.24, 2.45) is 0 Å². The van der Waals surface area contributed by atoms with Gasteiger partial charge in [0, 0.05) is 22.2 Å². The maximum Gasteiger partial charge on any atom is 0.239 e. The van der Waals surface area contributed by atoms with Gasteiger partial charge < -0.3 is 10.6 Å². The number of alkyl halides is 2. The first kappa shape index (κ1) is 25.8. The molecule has 0 fully saturated rings. The Morgan fingerprint density at radius 3 is 1.03 bits per heavy atom. The minimum Gasteiger partial charge on any atom is -0.325 e. The smallest absolute Gasteiger partial charge is 0.239 e. The van der Waals surface area contributed by atoms with E-state index in [0.29, 0.717) is 0 Å². The van der Waals surface area contributed by atoms with E-state index < -0.39 is 0 Å². The van der Waals surface area contributed by atoms with Gasteiger partial charge in [0.2, 0.25) is 11.8 Å². The molecule has 0 atom stereocenters. The van der Waals surface area contributed by atoms with Gasteiger partial charge in [-0.15, -0.1) is 23.2 Å². The third-order valence-corrected chi connectivity index (χ3v) is 6.84. The molecule has 0 aliphatic carbocycles. The molecule has 2 N–H and O–H groups in total. The SMILES string of the molecule is CC(C)(c1ccc(NC(=O)CCl)cc1)c1ccc(C(C)(C)c2ccc(NC(=O)CCl)cc2)cc1. The van der Waals surface area contributed by atoms with Crippen molar-refractivity contribution < 1.29 is 9.59 Å². The van der Waals surface area contributed by atoms with Gasteiger partial charge in [-0.3, -0.25) is 9.59 Å². The predicted molar refractivity (Wildman–Crippen MR) is 142 cm³/mol. The molecular weight excluding hydrogens is 467 g/mol. The van der Waals surface area contributed by atoms with Crippen molar-refractivity contribution in [2.45, 2.75) is 38.5 Å². The van der Waals surface area contributed by atoms with E-state index in [2.05, 4.69) is 62.6 Å². The maximum absolute atomic E-state index is 11.5. The third-order valence-electron chi connectivity index (χ3n) is 6.35. The first-order valence-electron chi connectivity index (χ1n) is 11.1. The molecule has 34 heavy (non-hydrogen) atoms. The largest absolute Gasteiger partial charge is 0.325 e. The van der Waals surface area contributed by atoms with Gasteiger partial charge in [0.05, 0.1) is 0 Å². The molecule has 3 rings (SSSR count). The second-order valence-corrected chi connectivity index (χ2v) is 9.88. The first-order chi connectivity index (χ1) is 16.1. The molecule has 0 saturated carbocycles. The second-order valence-electron chi connectivity index (χ2n) is 9.35. The molecule has 2 amide bonds. The molecule has 3 aromatic carbocycles. The van der Waals surface area contributed by atoms with Crippen LogP contribution in [0.25, 0.3) is 0 Å². The van der Waals surface area contributed by atoms with Gasteiger partial charge >= 0.3 is 0 Å². The highest BCUT2D eigenvalue weighted by molar-refractivity contribution is 6.29. The molecule has 0 aromatic heterocycles. The summed E-state index contributed by atoms with van der Waals surface area (Å²) in [6.07, 6.45) is 0. The summed E-state index contributed by atoms with van der Waals surface area (Å²) in [5.41, 5.74) is 5.74. The van der Waals surface area contributed by atoms with Crippen LogP contribution in [0.1, 0.15) is 49.9 Å². The molecule has 0 spiro atoms. The Labute approximate surface area is 211 Å². The molecule has 6 heteroatoms. The zero-order valence-corrected chi connectivity index (χ0v) is 21.4. The number of nitrogens with one attached hydrogen (secondary N) is 2. The first-order valence-corrected chi connectivity index (χ1v) is 12.2. The van der Waals surface area contributed by atoms with Crippen molar-refractivity contribution in [3.05, 3.63) is 95.1 Å². The lowest BCUT2D eigenvalue weighted by Crippen LogP contribution is -2.22. The number of hydrogen-bond acceptors (Lipinski definition) is 2. The van der Waals surface area contributed by atoms with E-state index in [4.69, 9.17) is 23.2 Å². The van der Waals surface area contributed by atoms with Gasteiger partial charge in [-0.25, -0.2) is 0 Å². The van der Waals surface area contributed by atoms with Crippen LogP contribution >= 0.6 is 23.2 Å². The highest BCUT2D eigenvalue weighted by atomic mass is 35.5. The van der Waals surface area contributed by atoms with Crippen LogP contribution in [0.4, 0.5) is 11.4 Å². The van der Waals surface area contributed by atoms with Gasteiger partial charge in [0.15, 0.2) is 0 Å². The zero-order valence-electron chi connectivity index (χ0n) is 19.9. The quantitative estimate of drug-likeness (QED) is 0.341. The van der Waals surface area contributed by atoms with Crippen molar-refractivity contribution in [2.75, 3.05) is 22.4 Å². The summed E-state index contributed by atoms with van der Waals surface area (Å²) in [6.45, 7) is 8.75. The van der Waals surface area contributed by atoms with Crippen LogP contribution in [-0.2, 0) is 20.4 Å². The summed E-state index contributed by atoms with van der Waals surface area (Å²) >= 11 is 11.1. The Kier molecular flexibility index (Phi) is 8.06. The van der Waals surface area contributed by atoms with E-state index in [-0.39, 0.29) is 34.4 Å². The van der Waals surface area contributed by atoms with E-state index in [1.165, 1.54) is 11.1 Å². The Balaban J connectivity index is 1.79. The van der Waals surface area contributed by atoms with Crippen LogP contribution in [-0.4, -0.2) is 23.6 Å². The molecule has 3 aromatic rings. The molecule has 0 aliphatic rings. The normalized spacial score (nSPS) is 11.7. The number of carbonyl (C=O) groups excluding carboxylic acids is 2. The monoisotopic (exact) mass is 496 g/mol. The van der Waals surface area contributed by atoms with E-state index in [1.54, 1.807) is 0 Å². The fourth-order valence-corrected chi connectivity index (χ4v) is 4.10. The Morgan fingerprint density at radius 1 is 0.559 bits per heavy atom. The van der Waals surface area contributed by atoms with Gasteiger partial charge in [-0.05, 0) is 46.5 Å². The van der Waals surface area contributed by atoms with Gasteiger partial charge in [-0.1, -0.05) is 76.2 Å². The van der Waals surface area contributed by atoms with E-state index in [0.717, 1.165) is 22.5 Å². The highest BCUT2D eigenvalue weighted by Gasteiger charge is 2.26. The number of anilines is 2. The van der Waals surface area contributed by atoms with Crippen LogP contribution in [0, 0.1) is 0 Å². The summed E-state index contributed by atoms with van der Waals surface area (Å²) in [4.78, 5) is 23.0. The Hall–Kier alpha value is -2.82. The van der Waals surface area contributed by atoms with Crippen molar-refractivity contribution >= 4 is 46.4 Å². The fourth-order valence-electron chi connectivity index (χ4n) is 3.97. The number of rotatable bonds is 8. The number of benzene rings is 3. The predicted octanol–water partition coefficient (Wildman–Crippen LogP) is 6.69. The van der Waals surface area contributed by atoms with Gasteiger partial charge in [0.1, 0.15) is 11.8 Å². The standard InChI is InChI=1S/C28H30Cl2N2O2/c1-27(2,21-9-13-23(14-10-21)31-25(33)17-29)19-5-7-20(8-6-19)28(3,4)22-11-15-24(16-12-22)32-26(34)18-30/h5-16H,17-18H2,1-4H3,(H,31,33)(H,32,34). The number of amides is 2. The lowest BCUT2D eigenvalue weighted by atomic mass is 9.74. The van der Waals surface area contributed by atoms with Crippen molar-refractivity contribution in [3.63, 3.8) is 0 Å². The second kappa shape index (κ2) is 10.6. The minimum atomic E-state index is -0.221. The maximum atomic E-state index is 11.5. The molecule has 0 unspecified atom stereocenters. The Morgan fingerprint density at radius 2 is 0.794 bits per heavy atom. The highest BCUT2D eigenvalue weighted by Crippen LogP contribution is 2.36. The molecule has 4 nitrogen and oxygen atoms in total. The number of halogens is 2. The average molecular weight is 497 g/mol. The lowest BCUT2D eigenvalue weighted by molar-refractivity contribution is -0.114. The number of hydrogen-bond donors (Lipinski definition) is 2. The van der Waals surface area contributed by atoms with Crippen LogP contribution in [0.2, 0.25) is 0 Å². The minimum absolute atomic E-state index is 0.0648. The molecule has 0 saturated heterocycles. The lowest BCUT2D eigenvalue weighted by Gasteiger charge is -2.29. The van der Waals surface area contributed by atoms with E-state index in [9.17, 15) is 9.59 Å². The molecular formula is C28H30Cl2N2O2. The van der Waals surface area contributed by atoms with Crippen molar-refractivity contribution in [1.82, 2.24) is 0 Å². The zero-order chi connectivity index (χ0) is 24.9. The number of carbonyl (C=O) groups is 2. The summed E-state index contributed by atoms with van der Waals surface area (Å²) in [5, 5.41) is 5.54. The summed E-state index contributed by atoms with van der Waals surface area (Å²) in [7, 11) is 0. The molecule has 0 bridgehead atoms. The Bertz CT molecular complexity index is 1040. The van der Waals surface area contributed by atoms with Gasteiger partial charge in [-0.2, -0.15) is 0 Å². The summed E-state index contributed by atoms with van der Waals surface area (Å²) in [5.74, 6) is -0.571. The van der Waals surface area contributed by atoms with E-state index >= 15 is 0 Å². The average Bonchev–Trinajstić information content (AvgIpc) is 2.84.